The molecule has 0 aliphatic heterocycles. The van der Waals surface area contributed by atoms with Crippen LogP contribution in [-0.4, -0.2) is 28.1 Å². The summed E-state index contributed by atoms with van der Waals surface area (Å²) in [6, 6.07) is 7.74. The van der Waals surface area contributed by atoms with E-state index in [1.54, 1.807) is 25.1 Å². The average molecular weight is 335 g/mol. The summed E-state index contributed by atoms with van der Waals surface area (Å²) in [6.07, 6.45) is 0.418. The Bertz CT molecular complexity index is 749. The van der Waals surface area contributed by atoms with Crippen LogP contribution in [0.15, 0.2) is 36.5 Å². The minimum absolute atomic E-state index is 0.00494. The number of carbonyl (C=O) groups is 2. The van der Waals surface area contributed by atoms with Crippen molar-refractivity contribution in [3.63, 3.8) is 0 Å². The van der Waals surface area contributed by atoms with Crippen molar-refractivity contribution < 1.29 is 19.4 Å². The Morgan fingerprint density at radius 2 is 2.09 bits per heavy atom. The molecule has 0 saturated carbocycles. The minimum atomic E-state index is -1.07. The molecule has 0 aliphatic rings. The minimum Gasteiger partial charge on any atom is -0.507 e. The molecule has 0 spiro atoms. The normalized spacial score (nSPS) is 11.6. The molecule has 0 unspecified atom stereocenters. The van der Waals surface area contributed by atoms with Gasteiger partial charge in [-0.2, -0.15) is 0 Å². The van der Waals surface area contributed by atoms with Gasteiger partial charge in [0.15, 0.2) is 11.3 Å². The lowest BCUT2D eigenvalue weighted by molar-refractivity contribution is -0.123. The standard InChI is InChI=1S/C16H15ClN2O4/c1-9-5-6-11(13(20)8-9)16(22)23-10(2)15(21)19-12-4-3-7-18-14(12)17/h3-8,10,20H,1-2H3,(H,19,21)/t10-/m1/s1. The van der Waals surface area contributed by atoms with Gasteiger partial charge in [-0.1, -0.05) is 17.7 Å². The summed E-state index contributed by atoms with van der Waals surface area (Å²) in [4.78, 5) is 27.9. The fourth-order valence-electron chi connectivity index (χ4n) is 1.81. The first-order valence-electron chi connectivity index (χ1n) is 6.80. The van der Waals surface area contributed by atoms with Crippen LogP contribution in [0.5, 0.6) is 5.75 Å². The van der Waals surface area contributed by atoms with Crippen LogP contribution in [0.2, 0.25) is 5.15 Å². The third-order valence-electron chi connectivity index (χ3n) is 3.04. The number of aryl methyl sites for hydroxylation is 1. The highest BCUT2D eigenvalue weighted by Gasteiger charge is 2.21. The van der Waals surface area contributed by atoms with E-state index in [2.05, 4.69) is 10.3 Å². The summed E-state index contributed by atoms with van der Waals surface area (Å²) in [6.45, 7) is 3.20. The average Bonchev–Trinajstić information content (AvgIpc) is 2.49. The maximum Gasteiger partial charge on any atom is 0.342 e. The number of pyridine rings is 1. The number of halogens is 1. The number of ether oxygens (including phenoxy) is 1. The second-order valence-corrected chi connectivity index (χ2v) is 5.26. The zero-order valence-electron chi connectivity index (χ0n) is 12.5. The zero-order valence-corrected chi connectivity index (χ0v) is 13.3. The molecule has 2 N–H and O–H groups in total. The Kier molecular flexibility index (Phi) is 5.18. The van der Waals surface area contributed by atoms with Crippen LogP contribution >= 0.6 is 11.6 Å². The number of carbonyl (C=O) groups excluding carboxylic acids is 2. The highest BCUT2D eigenvalue weighted by molar-refractivity contribution is 6.32. The van der Waals surface area contributed by atoms with E-state index >= 15 is 0 Å². The molecular formula is C16H15ClN2O4. The van der Waals surface area contributed by atoms with Crippen LogP contribution in [-0.2, 0) is 9.53 Å². The van der Waals surface area contributed by atoms with Gasteiger partial charge in [-0.05, 0) is 43.7 Å². The monoisotopic (exact) mass is 334 g/mol. The molecule has 1 aromatic carbocycles. The van der Waals surface area contributed by atoms with Gasteiger partial charge in [-0.25, -0.2) is 9.78 Å². The van der Waals surface area contributed by atoms with Crippen molar-refractivity contribution in [3.05, 3.63) is 52.8 Å². The van der Waals surface area contributed by atoms with Crippen LogP contribution in [0, 0.1) is 6.92 Å². The quantitative estimate of drug-likeness (QED) is 0.663. The first-order chi connectivity index (χ1) is 10.9. The number of anilines is 1. The second-order valence-electron chi connectivity index (χ2n) is 4.90. The third-order valence-corrected chi connectivity index (χ3v) is 3.34. The van der Waals surface area contributed by atoms with Gasteiger partial charge in [0.2, 0.25) is 0 Å². The number of amides is 1. The van der Waals surface area contributed by atoms with Crippen LogP contribution in [0.1, 0.15) is 22.8 Å². The van der Waals surface area contributed by atoms with Gasteiger partial charge in [0, 0.05) is 6.20 Å². The molecule has 1 amide bonds. The molecule has 0 saturated heterocycles. The second kappa shape index (κ2) is 7.11. The lowest BCUT2D eigenvalue weighted by Gasteiger charge is -2.14. The van der Waals surface area contributed by atoms with Gasteiger partial charge in [0.1, 0.15) is 11.3 Å². The molecule has 120 valence electrons. The molecule has 0 bridgehead atoms. The van der Waals surface area contributed by atoms with Crippen molar-refractivity contribution in [2.75, 3.05) is 5.32 Å². The largest absolute Gasteiger partial charge is 0.507 e. The Hall–Kier alpha value is -2.60. The maximum absolute atomic E-state index is 12.0. The first kappa shape index (κ1) is 16.8. The Morgan fingerprint density at radius 1 is 1.35 bits per heavy atom. The van der Waals surface area contributed by atoms with Crippen LogP contribution in [0.3, 0.4) is 0 Å². The van der Waals surface area contributed by atoms with Crippen molar-refractivity contribution in [1.29, 1.82) is 0 Å². The van der Waals surface area contributed by atoms with Crippen LogP contribution in [0.4, 0.5) is 5.69 Å². The van der Waals surface area contributed by atoms with Crippen molar-refractivity contribution in [1.82, 2.24) is 4.98 Å². The molecule has 1 atom stereocenters. The Balaban J connectivity index is 2.03. The SMILES string of the molecule is Cc1ccc(C(=O)O[C@H](C)C(=O)Nc2cccnc2Cl)c(O)c1. The first-order valence-corrected chi connectivity index (χ1v) is 7.18. The number of phenolic OH excluding ortho intramolecular Hbond substituents is 1. The molecule has 0 fully saturated rings. The van der Waals surface area contributed by atoms with Crippen molar-refractivity contribution in [2.24, 2.45) is 0 Å². The number of rotatable bonds is 4. The Morgan fingerprint density at radius 3 is 2.74 bits per heavy atom. The predicted molar refractivity (Wildman–Crippen MR) is 85.6 cm³/mol. The molecule has 0 aliphatic carbocycles. The summed E-state index contributed by atoms with van der Waals surface area (Å²) in [5, 5.41) is 12.4. The van der Waals surface area contributed by atoms with E-state index < -0.39 is 18.0 Å². The number of phenols is 1. The number of nitrogens with one attached hydrogen (secondary N) is 1. The molecule has 1 aromatic heterocycles. The topological polar surface area (TPSA) is 88.5 Å². The van der Waals surface area contributed by atoms with E-state index in [9.17, 15) is 14.7 Å². The molecular weight excluding hydrogens is 320 g/mol. The number of nitrogens with zero attached hydrogens (tertiary/aromatic N) is 1. The van der Waals surface area contributed by atoms with Crippen molar-refractivity contribution in [3.8, 4) is 5.75 Å². The van der Waals surface area contributed by atoms with Gasteiger partial charge in [0.05, 0.1) is 5.69 Å². The zero-order chi connectivity index (χ0) is 17.0. The number of hydrogen-bond acceptors (Lipinski definition) is 5. The highest BCUT2D eigenvalue weighted by atomic mass is 35.5. The number of benzene rings is 1. The summed E-state index contributed by atoms with van der Waals surface area (Å²) < 4.78 is 5.06. The summed E-state index contributed by atoms with van der Waals surface area (Å²) in [5.74, 6) is -1.54. The summed E-state index contributed by atoms with van der Waals surface area (Å²) >= 11 is 5.84. The molecule has 7 heteroatoms. The van der Waals surface area contributed by atoms with Crippen molar-refractivity contribution >= 4 is 29.2 Å². The Labute approximate surface area is 138 Å². The van der Waals surface area contributed by atoms with Gasteiger partial charge in [-0.15, -0.1) is 0 Å². The number of aromatic hydroxyl groups is 1. The molecule has 2 aromatic rings. The fraction of sp³-hybridized carbons (Fsp3) is 0.188. The number of esters is 1. The maximum atomic E-state index is 12.0. The van der Waals surface area contributed by atoms with E-state index in [-0.39, 0.29) is 16.5 Å². The molecule has 6 nitrogen and oxygen atoms in total. The number of hydrogen-bond donors (Lipinski definition) is 2. The van der Waals surface area contributed by atoms with Crippen LogP contribution in [0.25, 0.3) is 0 Å². The predicted octanol–water partition coefficient (Wildman–Crippen LogP) is 2.93. The summed E-state index contributed by atoms with van der Waals surface area (Å²) in [7, 11) is 0. The highest BCUT2D eigenvalue weighted by Crippen LogP contribution is 2.21. The van der Waals surface area contributed by atoms with Crippen LogP contribution < -0.4 is 5.32 Å². The van der Waals surface area contributed by atoms with E-state index in [0.29, 0.717) is 5.69 Å². The van der Waals surface area contributed by atoms with Gasteiger partial charge < -0.3 is 15.2 Å². The molecule has 23 heavy (non-hydrogen) atoms. The van der Waals surface area contributed by atoms with Crippen molar-refractivity contribution in [2.45, 2.75) is 20.0 Å². The lowest BCUT2D eigenvalue weighted by atomic mass is 10.1. The van der Waals surface area contributed by atoms with E-state index in [4.69, 9.17) is 16.3 Å². The summed E-state index contributed by atoms with van der Waals surface area (Å²) in [5.41, 5.74) is 1.12. The third kappa shape index (κ3) is 4.20. The number of aromatic nitrogens is 1. The molecule has 1 heterocycles. The van der Waals surface area contributed by atoms with E-state index in [1.807, 2.05) is 0 Å². The fourth-order valence-corrected chi connectivity index (χ4v) is 1.97. The van der Waals surface area contributed by atoms with E-state index in [1.165, 1.54) is 25.3 Å². The van der Waals surface area contributed by atoms with Gasteiger partial charge in [0.25, 0.3) is 5.91 Å². The van der Waals surface area contributed by atoms with Gasteiger partial charge >= 0.3 is 5.97 Å². The molecule has 0 radical (unpaired) electrons. The van der Waals surface area contributed by atoms with Gasteiger partial charge in [-0.3, -0.25) is 4.79 Å². The molecule has 2 rings (SSSR count). The lowest BCUT2D eigenvalue weighted by Crippen LogP contribution is -2.30. The smallest absolute Gasteiger partial charge is 0.342 e. The van der Waals surface area contributed by atoms with E-state index in [0.717, 1.165) is 5.56 Å².